The molecule has 1 aromatic heterocycles. The van der Waals surface area contributed by atoms with Gasteiger partial charge in [-0.2, -0.15) is 0 Å². The minimum Gasteiger partial charge on any atom is -0.459 e. The summed E-state index contributed by atoms with van der Waals surface area (Å²) in [5.41, 5.74) is 19.0. The van der Waals surface area contributed by atoms with E-state index < -0.39 is 5.41 Å². The molecule has 3 nitrogen and oxygen atoms in total. The summed E-state index contributed by atoms with van der Waals surface area (Å²) in [4.78, 5) is 5.07. The molecular formula is C56H41BN2O. The van der Waals surface area contributed by atoms with Crippen molar-refractivity contribution in [3.05, 3.63) is 240 Å². The van der Waals surface area contributed by atoms with Gasteiger partial charge in [0.25, 0.3) is 6.71 Å². The van der Waals surface area contributed by atoms with Crippen LogP contribution in [-0.2, 0) is 5.41 Å². The van der Waals surface area contributed by atoms with Gasteiger partial charge in [0.2, 0.25) is 0 Å². The number of benzene rings is 8. The number of anilines is 5. The predicted octanol–water partition coefficient (Wildman–Crippen LogP) is 13.1. The van der Waals surface area contributed by atoms with Gasteiger partial charge in [0.15, 0.2) is 0 Å². The molecule has 0 N–H and O–H groups in total. The van der Waals surface area contributed by atoms with Crippen molar-refractivity contribution in [2.45, 2.75) is 25.2 Å². The molecule has 284 valence electrons. The van der Waals surface area contributed by atoms with Crippen LogP contribution in [0, 0.1) is 0 Å². The highest BCUT2D eigenvalue weighted by Crippen LogP contribution is 2.58. The Labute approximate surface area is 351 Å². The first-order valence-corrected chi connectivity index (χ1v) is 21.0. The first kappa shape index (κ1) is 34.7. The topological polar surface area (TPSA) is 19.6 Å². The lowest BCUT2D eigenvalue weighted by Gasteiger charge is -2.46. The maximum atomic E-state index is 6.98. The van der Waals surface area contributed by atoms with Gasteiger partial charge in [-0.05, 0) is 107 Å². The summed E-state index contributed by atoms with van der Waals surface area (Å²) in [5, 5.41) is 1.17. The SMILES string of the molecule is CC1(C)C2=C(B3c4ccc(C(c5ccccc5)c5ccccc5)cc4N(c4ccccc4)c4cccc(c43)N2c2cccc(-c3ccccc3)c2)c2c1oc1ccccc21. The van der Waals surface area contributed by atoms with E-state index >= 15 is 0 Å². The van der Waals surface area contributed by atoms with Crippen molar-refractivity contribution in [3.8, 4) is 11.1 Å². The van der Waals surface area contributed by atoms with E-state index in [-0.39, 0.29) is 12.6 Å². The average molecular weight is 769 g/mol. The zero-order chi connectivity index (χ0) is 40.0. The molecular weight excluding hydrogens is 727 g/mol. The summed E-state index contributed by atoms with van der Waals surface area (Å²) in [7, 11) is 0. The fourth-order valence-corrected chi connectivity index (χ4v) is 10.6. The number of hydrogen-bond acceptors (Lipinski definition) is 3. The molecule has 0 unspecified atom stereocenters. The summed E-state index contributed by atoms with van der Waals surface area (Å²) in [5.74, 6) is 1.09. The third-order valence-electron chi connectivity index (χ3n) is 13.1. The minimum absolute atomic E-state index is 0.0443. The lowest BCUT2D eigenvalue weighted by atomic mass is 9.32. The van der Waals surface area contributed by atoms with Gasteiger partial charge in [0.1, 0.15) is 11.3 Å². The second-order valence-electron chi connectivity index (χ2n) is 16.8. The van der Waals surface area contributed by atoms with E-state index in [2.05, 4.69) is 230 Å². The highest BCUT2D eigenvalue weighted by atomic mass is 16.3. The van der Waals surface area contributed by atoms with Crippen LogP contribution in [0.4, 0.5) is 28.4 Å². The molecule has 12 rings (SSSR count). The van der Waals surface area contributed by atoms with Gasteiger partial charge in [-0.15, -0.1) is 0 Å². The maximum absolute atomic E-state index is 6.98. The van der Waals surface area contributed by atoms with Gasteiger partial charge in [-0.25, -0.2) is 0 Å². The van der Waals surface area contributed by atoms with Crippen LogP contribution in [0.3, 0.4) is 0 Å². The lowest BCUT2D eigenvalue weighted by molar-refractivity contribution is 0.452. The first-order valence-electron chi connectivity index (χ1n) is 21.0. The second-order valence-corrected chi connectivity index (χ2v) is 16.8. The molecule has 8 aromatic carbocycles. The lowest BCUT2D eigenvalue weighted by Crippen LogP contribution is -2.55. The number of fused-ring (bicyclic) bond motifs is 7. The zero-order valence-corrected chi connectivity index (χ0v) is 33.6. The molecule has 0 bridgehead atoms. The van der Waals surface area contributed by atoms with Crippen LogP contribution >= 0.6 is 0 Å². The number of nitrogens with zero attached hydrogens (tertiary/aromatic N) is 2. The first-order chi connectivity index (χ1) is 29.6. The quantitative estimate of drug-likeness (QED) is 0.124. The Morgan fingerprint density at radius 2 is 1.07 bits per heavy atom. The third-order valence-corrected chi connectivity index (χ3v) is 13.1. The smallest absolute Gasteiger partial charge is 0.252 e. The second kappa shape index (κ2) is 13.4. The summed E-state index contributed by atoms with van der Waals surface area (Å²) >= 11 is 0. The van der Waals surface area contributed by atoms with E-state index in [4.69, 9.17) is 4.42 Å². The molecule has 3 aliphatic rings. The van der Waals surface area contributed by atoms with Crippen LogP contribution in [0.15, 0.2) is 216 Å². The fraction of sp³-hybridized carbons (Fsp3) is 0.0714. The molecule has 2 aliphatic heterocycles. The summed E-state index contributed by atoms with van der Waals surface area (Å²) < 4.78 is 6.98. The standard InChI is InChI=1S/C56H41BN2O/c1-56(2)54-53(51-44-29-15-16-32-49(44)60-55(51)56)57-45-34-33-41(50(38-21-9-4-10-22-38)39-23-11-5-12-24-39)36-48(45)58(42-26-13-6-14-27-42)46-30-18-31-47(52(46)57)59(54)43-28-17-25-40(35-43)37-19-7-3-8-20-37/h3-36,50H,1-2H3. The van der Waals surface area contributed by atoms with E-state index in [1.807, 2.05) is 0 Å². The highest BCUT2D eigenvalue weighted by Gasteiger charge is 2.54. The van der Waals surface area contributed by atoms with Crippen LogP contribution in [0.1, 0.15) is 47.8 Å². The van der Waals surface area contributed by atoms with Crippen molar-refractivity contribution in [3.63, 3.8) is 0 Å². The summed E-state index contributed by atoms with van der Waals surface area (Å²) in [6, 6.07) is 75.4. The molecule has 1 aliphatic carbocycles. The van der Waals surface area contributed by atoms with Crippen molar-refractivity contribution < 1.29 is 4.42 Å². The monoisotopic (exact) mass is 768 g/mol. The predicted molar refractivity (Wildman–Crippen MR) is 250 cm³/mol. The Hall–Kier alpha value is -7.30. The van der Waals surface area contributed by atoms with Crippen molar-refractivity contribution >= 4 is 62.5 Å². The molecule has 0 saturated heterocycles. The maximum Gasteiger partial charge on any atom is 0.252 e. The molecule has 60 heavy (non-hydrogen) atoms. The summed E-state index contributed by atoms with van der Waals surface area (Å²) in [6.07, 6.45) is 0. The summed E-state index contributed by atoms with van der Waals surface area (Å²) in [6.45, 7) is 4.66. The molecule has 0 spiro atoms. The van der Waals surface area contributed by atoms with Crippen LogP contribution < -0.4 is 20.7 Å². The molecule has 0 saturated carbocycles. The Morgan fingerprint density at radius 3 is 1.78 bits per heavy atom. The Kier molecular flexibility index (Phi) is 7.74. The van der Waals surface area contributed by atoms with Crippen LogP contribution in [0.25, 0.3) is 27.6 Å². The average Bonchev–Trinajstić information content (AvgIpc) is 3.80. The molecule has 0 fully saturated rings. The molecule has 3 heterocycles. The van der Waals surface area contributed by atoms with E-state index in [9.17, 15) is 0 Å². The van der Waals surface area contributed by atoms with E-state index in [0.29, 0.717) is 0 Å². The molecule has 9 aromatic rings. The molecule has 4 heteroatoms. The third kappa shape index (κ3) is 5.10. The van der Waals surface area contributed by atoms with Crippen molar-refractivity contribution in [1.82, 2.24) is 0 Å². The molecule has 0 amide bonds. The van der Waals surface area contributed by atoms with E-state index in [0.717, 1.165) is 22.7 Å². The van der Waals surface area contributed by atoms with Gasteiger partial charge in [-0.3, -0.25) is 0 Å². The van der Waals surface area contributed by atoms with Gasteiger partial charge >= 0.3 is 0 Å². The number of hydrogen-bond donors (Lipinski definition) is 0. The largest absolute Gasteiger partial charge is 0.459 e. The fourth-order valence-electron chi connectivity index (χ4n) is 10.6. The van der Waals surface area contributed by atoms with Crippen LogP contribution in [0.5, 0.6) is 0 Å². The number of allylic oxidation sites excluding steroid dienone is 1. The van der Waals surface area contributed by atoms with Gasteiger partial charge in [0.05, 0.1) is 5.41 Å². The Morgan fingerprint density at radius 1 is 0.483 bits per heavy atom. The molecule has 0 radical (unpaired) electrons. The number of rotatable bonds is 6. The zero-order valence-electron chi connectivity index (χ0n) is 33.6. The van der Waals surface area contributed by atoms with Crippen LogP contribution in [0.2, 0.25) is 0 Å². The minimum atomic E-state index is -0.442. The number of furan rings is 1. The van der Waals surface area contributed by atoms with Gasteiger partial charge in [0, 0.05) is 51.0 Å². The number of para-hydroxylation sites is 2. The van der Waals surface area contributed by atoms with E-state index in [1.165, 1.54) is 77.9 Å². The Bertz CT molecular complexity index is 3090. The van der Waals surface area contributed by atoms with Crippen molar-refractivity contribution in [2.75, 3.05) is 9.80 Å². The highest BCUT2D eigenvalue weighted by molar-refractivity contribution is 7.03. The molecule has 0 atom stereocenters. The van der Waals surface area contributed by atoms with Crippen molar-refractivity contribution in [1.29, 1.82) is 0 Å². The van der Waals surface area contributed by atoms with E-state index in [1.54, 1.807) is 0 Å². The Balaban J connectivity index is 1.17. The van der Waals surface area contributed by atoms with Crippen LogP contribution in [-0.4, -0.2) is 6.71 Å². The van der Waals surface area contributed by atoms with Gasteiger partial charge < -0.3 is 14.2 Å². The normalized spacial score (nSPS) is 14.6. The van der Waals surface area contributed by atoms with Gasteiger partial charge in [-0.1, -0.05) is 158 Å². The van der Waals surface area contributed by atoms with Crippen molar-refractivity contribution in [2.24, 2.45) is 0 Å².